The van der Waals surface area contributed by atoms with Crippen molar-refractivity contribution in [1.29, 1.82) is 0 Å². The lowest BCUT2D eigenvalue weighted by Gasteiger charge is -2.01. The molecule has 0 saturated carbocycles. The van der Waals surface area contributed by atoms with Gasteiger partial charge in [-0.25, -0.2) is 4.68 Å². The second-order valence-corrected chi connectivity index (χ2v) is 4.24. The summed E-state index contributed by atoms with van der Waals surface area (Å²) in [4.78, 5) is 0. The molecule has 1 aromatic carbocycles. The lowest BCUT2D eigenvalue weighted by Crippen LogP contribution is -2.14. The van der Waals surface area contributed by atoms with Crippen LogP contribution in [-0.4, -0.2) is 28.0 Å². The van der Waals surface area contributed by atoms with Gasteiger partial charge >= 0.3 is 0 Å². The maximum atomic E-state index is 8.67. The molecule has 18 heavy (non-hydrogen) atoms. The molecular formula is C14H19N3O. The summed E-state index contributed by atoms with van der Waals surface area (Å²) in [6.45, 7) is 2.02. The molecule has 2 N–H and O–H groups in total. The third kappa shape index (κ3) is 3.68. The minimum atomic E-state index is 0.271. The average molecular weight is 245 g/mol. The van der Waals surface area contributed by atoms with Crippen LogP contribution >= 0.6 is 0 Å². The van der Waals surface area contributed by atoms with Crippen LogP contribution in [0.2, 0.25) is 0 Å². The van der Waals surface area contributed by atoms with Crippen molar-refractivity contribution in [3.63, 3.8) is 0 Å². The number of nitrogens with zero attached hydrogens (tertiary/aromatic N) is 2. The highest BCUT2D eigenvalue weighted by atomic mass is 16.2. The number of para-hydroxylation sites is 1. The molecule has 0 radical (unpaired) electrons. The summed E-state index contributed by atoms with van der Waals surface area (Å²) in [6.07, 6.45) is 5.78. The van der Waals surface area contributed by atoms with E-state index in [9.17, 15) is 0 Å². The van der Waals surface area contributed by atoms with E-state index in [1.54, 1.807) is 0 Å². The lowest BCUT2D eigenvalue weighted by molar-refractivity contribution is 0.283. The van der Waals surface area contributed by atoms with Crippen molar-refractivity contribution in [2.24, 2.45) is 0 Å². The molecule has 0 bridgehead atoms. The van der Waals surface area contributed by atoms with Crippen LogP contribution in [0.5, 0.6) is 0 Å². The van der Waals surface area contributed by atoms with E-state index in [-0.39, 0.29) is 6.61 Å². The molecule has 1 heterocycles. The fourth-order valence-electron chi connectivity index (χ4n) is 1.77. The van der Waals surface area contributed by atoms with Crippen LogP contribution in [0.3, 0.4) is 0 Å². The molecule has 0 unspecified atom stereocenters. The molecule has 0 aliphatic heterocycles. The van der Waals surface area contributed by atoms with E-state index in [2.05, 4.69) is 10.4 Å². The molecule has 1 aromatic heterocycles. The Balaban J connectivity index is 1.83. The van der Waals surface area contributed by atoms with E-state index in [1.807, 2.05) is 47.4 Å². The zero-order valence-corrected chi connectivity index (χ0v) is 10.4. The van der Waals surface area contributed by atoms with Gasteiger partial charge in [-0.1, -0.05) is 18.2 Å². The number of benzene rings is 1. The van der Waals surface area contributed by atoms with Crippen molar-refractivity contribution < 1.29 is 5.11 Å². The maximum absolute atomic E-state index is 8.67. The number of aliphatic hydroxyl groups is 1. The van der Waals surface area contributed by atoms with Crippen molar-refractivity contribution in [3.05, 3.63) is 48.3 Å². The van der Waals surface area contributed by atoms with E-state index in [4.69, 9.17) is 5.11 Å². The Bertz CT molecular complexity index is 453. The highest BCUT2D eigenvalue weighted by Gasteiger charge is 1.99. The van der Waals surface area contributed by atoms with Gasteiger partial charge in [0, 0.05) is 24.9 Å². The molecule has 0 aliphatic carbocycles. The highest BCUT2D eigenvalue weighted by molar-refractivity contribution is 5.30. The van der Waals surface area contributed by atoms with Crippen molar-refractivity contribution in [2.45, 2.75) is 19.4 Å². The maximum Gasteiger partial charge on any atom is 0.0645 e. The number of aliphatic hydroxyl groups excluding tert-OH is 1. The molecule has 4 heteroatoms. The van der Waals surface area contributed by atoms with Crippen LogP contribution in [0.1, 0.15) is 18.4 Å². The molecule has 0 aliphatic rings. The minimum absolute atomic E-state index is 0.271. The number of hydrogen-bond acceptors (Lipinski definition) is 3. The zero-order valence-electron chi connectivity index (χ0n) is 10.4. The topological polar surface area (TPSA) is 50.1 Å². The molecule has 2 rings (SSSR count). The predicted molar refractivity (Wildman–Crippen MR) is 71.6 cm³/mol. The number of rotatable bonds is 7. The van der Waals surface area contributed by atoms with Gasteiger partial charge < -0.3 is 10.4 Å². The number of hydrogen-bond donors (Lipinski definition) is 2. The van der Waals surface area contributed by atoms with Crippen LogP contribution in [0.15, 0.2) is 42.7 Å². The van der Waals surface area contributed by atoms with Crippen molar-refractivity contribution in [3.8, 4) is 5.69 Å². The van der Waals surface area contributed by atoms with Gasteiger partial charge in [-0.3, -0.25) is 0 Å². The first-order valence-corrected chi connectivity index (χ1v) is 6.30. The van der Waals surface area contributed by atoms with Gasteiger partial charge in [-0.2, -0.15) is 5.10 Å². The molecule has 4 nitrogen and oxygen atoms in total. The van der Waals surface area contributed by atoms with Crippen LogP contribution in [0, 0.1) is 0 Å². The largest absolute Gasteiger partial charge is 0.396 e. The molecule has 0 amide bonds. The number of unbranched alkanes of at least 4 members (excludes halogenated alkanes) is 1. The van der Waals surface area contributed by atoms with Crippen LogP contribution in [0.25, 0.3) is 5.69 Å². The third-order valence-electron chi connectivity index (χ3n) is 2.75. The van der Waals surface area contributed by atoms with Gasteiger partial charge in [0.15, 0.2) is 0 Å². The number of aromatic nitrogens is 2. The average Bonchev–Trinajstić information content (AvgIpc) is 2.88. The summed E-state index contributed by atoms with van der Waals surface area (Å²) < 4.78 is 1.88. The Kier molecular flexibility index (Phi) is 4.93. The molecule has 0 spiro atoms. The Morgan fingerprint density at radius 1 is 1.17 bits per heavy atom. The first-order valence-electron chi connectivity index (χ1n) is 6.30. The summed E-state index contributed by atoms with van der Waals surface area (Å²) in [5.74, 6) is 0. The first-order chi connectivity index (χ1) is 8.90. The Hall–Kier alpha value is -1.65. The van der Waals surface area contributed by atoms with Gasteiger partial charge in [0.1, 0.15) is 0 Å². The smallest absolute Gasteiger partial charge is 0.0645 e. The highest BCUT2D eigenvalue weighted by Crippen LogP contribution is 2.07. The quantitative estimate of drug-likeness (QED) is 0.730. The normalized spacial score (nSPS) is 10.7. The fourth-order valence-corrected chi connectivity index (χ4v) is 1.77. The van der Waals surface area contributed by atoms with E-state index >= 15 is 0 Å². The molecule has 0 atom stereocenters. The standard InChI is InChI=1S/C14H19N3O/c18-9-5-4-8-15-10-13-11-16-17(12-13)14-6-2-1-3-7-14/h1-3,6-7,11-12,15,18H,4-5,8-10H2. The van der Waals surface area contributed by atoms with Crippen LogP contribution in [0.4, 0.5) is 0 Å². The predicted octanol–water partition coefficient (Wildman–Crippen LogP) is 1.73. The molecular weight excluding hydrogens is 226 g/mol. The monoisotopic (exact) mass is 245 g/mol. The zero-order chi connectivity index (χ0) is 12.6. The van der Waals surface area contributed by atoms with Crippen LogP contribution in [-0.2, 0) is 6.54 Å². The Morgan fingerprint density at radius 2 is 2.00 bits per heavy atom. The minimum Gasteiger partial charge on any atom is -0.396 e. The summed E-state index contributed by atoms with van der Waals surface area (Å²) in [5, 5.41) is 16.3. The Labute approximate surface area is 107 Å². The van der Waals surface area contributed by atoms with E-state index in [0.717, 1.165) is 31.6 Å². The van der Waals surface area contributed by atoms with Gasteiger partial charge in [0.05, 0.1) is 11.9 Å². The molecule has 2 aromatic rings. The molecule has 96 valence electrons. The van der Waals surface area contributed by atoms with Crippen molar-refractivity contribution in [1.82, 2.24) is 15.1 Å². The molecule has 0 saturated heterocycles. The summed E-state index contributed by atoms with van der Waals surface area (Å²) in [7, 11) is 0. The molecule has 0 fully saturated rings. The van der Waals surface area contributed by atoms with Gasteiger partial charge in [-0.05, 0) is 31.5 Å². The second kappa shape index (κ2) is 6.93. The fraction of sp³-hybridized carbons (Fsp3) is 0.357. The second-order valence-electron chi connectivity index (χ2n) is 4.24. The van der Waals surface area contributed by atoms with Crippen molar-refractivity contribution in [2.75, 3.05) is 13.2 Å². The SMILES string of the molecule is OCCCCNCc1cnn(-c2ccccc2)c1. The summed E-state index contributed by atoms with van der Waals surface area (Å²) in [5.41, 5.74) is 2.24. The van der Waals surface area contributed by atoms with E-state index in [1.165, 1.54) is 5.56 Å². The Morgan fingerprint density at radius 3 is 2.78 bits per heavy atom. The van der Waals surface area contributed by atoms with Crippen molar-refractivity contribution >= 4 is 0 Å². The van der Waals surface area contributed by atoms with E-state index in [0.29, 0.717) is 0 Å². The summed E-state index contributed by atoms with van der Waals surface area (Å²) in [6, 6.07) is 10.1. The van der Waals surface area contributed by atoms with Gasteiger partial charge in [-0.15, -0.1) is 0 Å². The van der Waals surface area contributed by atoms with Gasteiger partial charge in [0.25, 0.3) is 0 Å². The first kappa shape index (κ1) is 12.8. The van der Waals surface area contributed by atoms with Crippen LogP contribution < -0.4 is 5.32 Å². The third-order valence-corrected chi connectivity index (χ3v) is 2.75. The summed E-state index contributed by atoms with van der Waals surface area (Å²) >= 11 is 0. The number of nitrogens with one attached hydrogen (secondary N) is 1. The van der Waals surface area contributed by atoms with Gasteiger partial charge in [0.2, 0.25) is 0 Å². The lowest BCUT2D eigenvalue weighted by atomic mass is 10.3. The van der Waals surface area contributed by atoms with E-state index < -0.39 is 0 Å².